The summed E-state index contributed by atoms with van der Waals surface area (Å²) in [6.07, 6.45) is 0.946. The number of nitrogens with zero attached hydrogens (tertiary/aromatic N) is 1. The van der Waals surface area contributed by atoms with Gasteiger partial charge in [-0.05, 0) is 54.6 Å². The fourth-order valence-electron chi connectivity index (χ4n) is 3.19. The molecule has 0 fully saturated rings. The number of rotatable bonds is 5. The van der Waals surface area contributed by atoms with E-state index in [0.29, 0.717) is 17.0 Å². The van der Waals surface area contributed by atoms with Crippen LogP contribution in [0.1, 0.15) is 22.9 Å². The van der Waals surface area contributed by atoms with E-state index < -0.39 is 0 Å². The van der Waals surface area contributed by atoms with Gasteiger partial charge in [0, 0.05) is 10.6 Å². The van der Waals surface area contributed by atoms with Crippen molar-refractivity contribution in [2.24, 2.45) is 0 Å². The van der Waals surface area contributed by atoms with Crippen LogP contribution in [0, 0.1) is 6.92 Å². The normalized spacial score (nSPS) is 14.1. The van der Waals surface area contributed by atoms with Crippen molar-refractivity contribution in [1.29, 1.82) is 0 Å². The molecule has 0 spiro atoms. The van der Waals surface area contributed by atoms with Crippen molar-refractivity contribution in [1.82, 2.24) is 0 Å². The van der Waals surface area contributed by atoms with Crippen LogP contribution in [-0.2, 0) is 16.0 Å². The van der Waals surface area contributed by atoms with Crippen molar-refractivity contribution in [3.63, 3.8) is 0 Å². The molecular formula is C23H20N2O2S. The largest absolute Gasteiger partial charge is 0.350 e. The zero-order chi connectivity index (χ0) is 19.7. The van der Waals surface area contributed by atoms with Crippen LogP contribution in [0.4, 0.5) is 11.4 Å². The number of hydrogen-bond donors (Lipinski definition) is 1. The Balaban J connectivity index is 1.75. The first-order valence-corrected chi connectivity index (χ1v) is 10.1. The van der Waals surface area contributed by atoms with Crippen molar-refractivity contribution >= 4 is 40.1 Å². The molecule has 4 rings (SSSR count). The van der Waals surface area contributed by atoms with E-state index in [-0.39, 0.29) is 11.8 Å². The van der Waals surface area contributed by atoms with Crippen LogP contribution in [0.2, 0.25) is 0 Å². The van der Waals surface area contributed by atoms with E-state index in [4.69, 9.17) is 0 Å². The van der Waals surface area contributed by atoms with Crippen LogP contribution in [0.15, 0.2) is 71.7 Å². The van der Waals surface area contributed by atoms with Crippen molar-refractivity contribution in [2.45, 2.75) is 20.3 Å². The standard InChI is InChI=1S/C23H20N2O2S/c1-3-16-8-10-17(11-9-16)24-21-20(19-5-4-14-28-19)22(26)25(23(21)27)18-12-6-15(2)7-13-18/h4-14,24H,3H2,1-2H3. The van der Waals surface area contributed by atoms with E-state index in [1.165, 1.54) is 21.8 Å². The number of nitrogens with one attached hydrogen (secondary N) is 1. The minimum absolute atomic E-state index is 0.302. The van der Waals surface area contributed by atoms with Gasteiger partial charge in [0.05, 0.1) is 11.3 Å². The average Bonchev–Trinajstić information content (AvgIpc) is 3.31. The second-order valence-electron chi connectivity index (χ2n) is 6.68. The van der Waals surface area contributed by atoms with Crippen LogP contribution in [0.5, 0.6) is 0 Å². The molecule has 140 valence electrons. The van der Waals surface area contributed by atoms with Crippen LogP contribution in [0.25, 0.3) is 5.57 Å². The molecular weight excluding hydrogens is 368 g/mol. The molecule has 1 aromatic heterocycles. The van der Waals surface area contributed by atoms with Crippen molar-refractivity contribution in [3.8, 4) is 0 Å². The van der Waals surface area contributed by atoms with Gasteiger partial charge in [-0.15, -0.1) is 11.3 Å². The molecule has 1 aliphatic rings. The Bertz CT molecular complexity index is 1050. The van der Waals surface area contributed by atoms with Gasteiger partial charge in [-0.3, -0.25) is 9.59 Å². The molecule has 0 unspecified atom stereocenters. The number of carbonyl (C=O) groups excluding carboxylic acids is 2. The third-order valence-corrected chi connectivity index (χ3v) is 5.66. The molecule has 2 aromatic carbocycles. The minimum Gasteiger partial charge on any atom is -0.350 e. The summed E-state index contributed by atoms with van der Waals surface area (Å²) in [5.74, 6) is -0.638. The number of benzene rings is 2. The van der Waals surface area contributed by atoms with E-state index in [1.54, 1.807) is 12.1 Å². The Morgan fingerprint density at radius 1 is 0.929 bits per heavy atom. The Kier molecular flexibility index (Phi) is 4.84. The monoisotopic (exact) mass is 388 g/mol. The van der Waals surface area contributed by atoms with Crippen LogP contribution in [-0.4, -0.2) is 11.8 Å². The van der Waals surface area contributed by atoms with Crippen molar-refractivity contribution in [3.05, 3.63) is 87.7 Å². The molecule has 1 aliphatic heterocycles. The van der Waals surface area contributed by atoms with E-state index in [1.807, 2.05) is 60.8 Å². The summed E-state index contributed by atoms with van der Waals surface area (Å²) >= 11 is 1.45. The van der Waals surface area contributed by atoms with Gasteiger partial charge in [-0.25, -0.2) is 4.90 Å². The summed E-state index contributed by atoms with van der Waals surface area (Å²) < 4.78 is 0. The fourth-order valence-corrected chi connectivity index (χ4v) is 3.96. The van der Waals surface area contributed by atoms with E-state index in [9.17, 15) is 9.59 Å². The third kappa shape index (κ3) is 3.25. The van der Waals surface area contributed by atoms with Gasteiger partial charge < -0.3 is 5.32 Å². The molecule has 0 atom stereocenters. The first-order valence-electron chi connectivity index (χ1n) is 9.18. The molecule has 1 N–H and O–H groups in total. The highest BCUT2D eigenvalue weighted by Gasteiger charge is 2.40. The molecule has 0 saturated carbocycles. The number of imide groups is 1. The van der Waals surface area contributed by atoms with Gasteiger partial charge in [0.1, 0.15) is 5.70 Å². The van der Waals surface area contributed by atoms with Gasteiger partial charge in [-0.1, -0.05) is 42.8 Å². The molecule has 28 heavy (non-hydrogen) atoms. The van der Waals surface area contributed by atoms with Gasteiger partial charge in [0.15, 0.2) is 0 Å². The lowest BCUT2D eigenvalue weighted by atomic mass is 10.1. The summed E-state index contributed by atoms with van der Waals surface area (Å²) in [4.78, 5) is 28.5. The zero-order valence-corrected chi connectivity index (χ0v) is 16.5. The number of anilines is 2. The smallest absolute Gasteiger partial charge is 0.282 e. The predicted octanol–water partition coefficient (Wildman–Crippen LogP) is 5.02. The molecule has 0 saturated heterocycles. The second-order valence-corrected chi connectivity index (χ2v) is 7.63. The number of thiophene rings is 1. The zero-order valence-electron chi connectivity index (χ0n) is 15.7. The Hall–Kier alpha value is -3.18. The first kappa shape index (κ1) is 18.2. The van der Waals surface area contributed by atoms with Gasteiger partial charge in [-0.2, -0.15) is 0 Å². The summed E-state index contributed by atoms with van der Waals surface area (Å²) in [7, 11) is 0. The highest BCUT2D eigenvalue weighted by atomic mass is 32.1. The van der Waals surface area contributed by atoms with Gasteiger partial charge >= 0.3 is 0 Å². The lowest BCUT2D eigenvalue weighted by Crippen LogP contribution is -2.32. The molecule has 0 radical (unpaired) electrons. The fraction of sp³-hybridized carbons (Fsp3) is 0.130. The summed E-state index contributed by atoms with van der Waals surface area (Å²) in [6.45, 7) is 4.07. The maximum absolute atomic E-state index is 13.2. The Morgan fingerprint density at radius 2 is 1.64 bits per heavy atom. The number of aryl methyl sites for hydroxylation is 2. The number of amides is 2. The van der Waals surface area contributed by atoms with Gasteiger partial charge in [0.2, 0.25) is 0 Å². The lowest BCUT2D eigenvalue weighted by molar-refractivity contribution is -0.120. The Labute approximate surface area is 168 Å². The predicted molar refractivity (Wildman–Crippen MR) is 114 cm³/mol. The molecule has 4 nitrogen and oxygen atoms in total. The summed E-state index contributed by atoms with van der Waals surface area (Å²) in [5.41, 5.74) is 4.38. The average molecular weight is 388 g/mol. The Morgan fingerprint density at radius 3 is 2.25 bits per heavy atom. The van der Waals surface area contributed by atoms with Crippen LogP contribution >= 0.6 is 11.3 Å². The van der Waals surface area contributed by atoms with Crippen LogP contribution in [0.3, 0.4) is 0 Å². The van der Waals surface area contributed by atoms with Crippen molar-refractivity contribution < 1.29 is 9.59 Å². The third-order valence-electron chi connectivity index (χ3n) is 4.78. The maximum Gasteiger partial charge on any atom is 0.282 e. The molecule has 0 aliphatic carbocycles. The lowest BCUT2D eigenvalue weighted by Gasteiger charge is -2.15. The number of carbonyl (C=O) groups is 2. The number of hydrogen-bond acceptors (Lipinski definition) is 4. The first-order chi connectivity index (χ1) is 13.6. The molecule has 3 aromatic rings. The molecule has 2 amide bonds. The maximum atomic E-state index is 13.2. The van der Waals surface area contributed by atoms with Crippen LogP contribution < -0.4 is 10.2 Å². The summed E-state index contributed by atoms with van der Waals surface area (Å²) in [5, 5.41) is 5.10. The molecule has 0 bridgehead atoms. The van der Waals surface area contributed by atoms with Gasteiger partial charge in [0.25, 0.3) is 11.8 Å². The quantitative estimate of drug-likeness (QED) is 0.625. The highest BCUT2D eigenvalue weighted by molar-refractivity contribution is 7.11. The summed E-state index contributed by atoms with van der Waals surface area (Å²) in [6, 6.07) is 19.1. The second kappa shape index (κ2) is 7.44. The van der Waals surface area contributed by atoms with E-state index >= 15 is 0 Å². The molecule has 2 heterocycles. The molecule has 5 heteroatoms. The minimum atomic E-state index is -0.336. The SMILES string of the molecule is CCc1ccc(NC2=C(c3cccs3)C(=O)N(c3ccc(C)cc3)C2=O)cc1. The van der Waals surface area contributed by atoms with E-state index in [2.05, 4.69) is 12.2 Å². The topological polar surface area (TPSA) is 49.4 Å². The van der Waals surface area contributed by atoms with E-state index in [0.717, 1.165) is 22.5 Å². The highest BCUT2D eigenvalue weighted by Crippen LogP contribution is 2.35. The van der Waals surface area contributed by atoms with Crippen molar-refractivity contribution in [2.75, 3.05) is 10.2 Å².